The van der Waals surface area contributed by atoms with Gasteiger partial charge in [-0.05, 0) is 40.3 Å². The summed E-state index contributed by atoms with van der Waals surface area (Å²) >= 11 is 0. The van der Waals surface area contributed by atoms with Gasteiger partial charge in [0.2, 0.25) is 0 Å². The zero-order chi connectivity index (χ0) is 13.1. The fraction of sp³-hybridized carbons (Fsp3) is 0.250. The molecule has 0 aliphatic heterocycles. The molecule has 0 amide bonds. The van der Waals surface area contributed by atoms with Crippen LogP contribution in [-0.4, -0.2) is 5.11 Å². The van der Waals surface area contributed by atoms with Gasteiger partial charge in [0.25, 0.3) is 0 Å². The van der Waals surface area contributed by atoms with E-state index < -0.39 is 0 Å². The zero-order valence-electron chi connectivity index (χ0n) is 10.7. The lowest BCUT2D eigenvalue weighted by Gasteiger charge is -2.13. The van der Waals surface area contributed by atoms with Crippen LogP contribution in [0.25, 0.3) is 11.1 Å². The quantitative estimate of drug-likeness (QED) is 0.861. The van der Waals surface area contributed by atoms with Crippen LogP contribution < -0.4 is 0 Å². The number of aliphatic hydroxyl groups excluding tert-OH is 1. The number of hydrogen-bond acceptors (Lipinski definition) is 1. The van der Waals surface area contributed by atoms with Gasteiger partial charge in [-0.25, -0.2) is 4.39 Å². The Morgan fingerprint density at radius 2 is 1.72 bits per heavy atom. The first-order valence-electron chi connectivity index (χ1n) is 6.11. The highest BCUT2D eigenvalue weighted by Crippen LogP contribution is 2.30. The second-order valence-corrected chi connectivity index (χ2v) is 4.74. The molecule has 0 aliphatic carbocycles. The molecular formula is C16H17FO. The molecule has 0 fully saturated rings. The molecule has 0 bridgehead atoms. The predicted molar refractivity (Wildman–Crippen MR) is 71.8 cm³/mol. The van der Waals surface area contributed by atoms with Gasteiger partial charge in [0, 0.05) is 0 Å². The summed E-state index contributed by atoms with van der Waals surface area (Å²) < 4.78 is 13.4. The Morgan fingerprint density at radius 1 is 1.06 bits per heavy atom. The van der Waals surface area contributed by atoms with Gasteiger partial charge in [-0.3, -0.25) is 0 Å². The fourth-order valence-electron chi connectivity index (χ4n) is 2.07. The van der Waals surface area contributed by atoms with Crippen molar-refractivity contribution in [3.63, 3.8) is 0 Å². The second kappa shape index (κ2) is 5.32. The van der Waals surface area contributed by atoms with Gasteiger partial charge >= 0.3 is 0 Å². The van der Waals surface area contributed by atoms with Crippen LogP contribution in [0.4, 0.5) is 4.39 Å². The van der Waals surface area contributed by atoms with Gasteiger partial charge in [-0.15, -0.1) is 0 Å². The molecule has 2 heteroatoms. The van der Waals surface area contributed by atoms with Crippen LogP contribution in [0.1, 0.15) is 30.9 Å². The number of benzene rings is 2. The van der Waals surface area contributed by atoms with Crippen molar-refractivity contribution in [2.75, 3.05) is 0 Å². The van der Waals surface area contributed by atoms with E-state index in [9.17, 15) is 4.39 Å². The Balaban J connectivity index is 2.50. The smallest absolute Gasteiger partial charge is 0.123 e. The van der Waals surface area contributed by atoms with Crippen LogP contribution in [0, 0.1) is 5.82 Å². The normalized spacial score (nSPS) is 10.9. The number of halogens is 1. The Kier molecular flexibility index (Phi) is 3.78. The molecule has 0 spiro atoms. The van der Waals surface area contributed by atoms with Crippen LogP contribution in [0.2, 0.25) is 0 Å². The summed E-state index contributed by atoms with van der Waals surface area (Å²) in [5.74, 6) is 0.124. The zero-order valence-corrected chi connectivity index (χ0v) is 10.7. The second-order valence-electron chi connectivity index (χ2n) is 4.74. The Morgan fingerprint density at radius 3 is 2.28 bits per heavy atom. The van der Waals surface area contributed by atoms with E-state index in [4.69, 9.17) is 5.11 Å². The molecule has 1 N–H and O–H groups in total. The highest BCUT2D eigenvalue weighted by molar-refractivity contribution is 5.68. The van der Waals surface area contributed by atoms with Crippen molar-refractivity contribution < 1.29 is 9.50 Å². The molecular weight excluding hydrogens is 227 g/mol. The van der Waals surface area contributed by atoms with Crippen molar-refractivity contribution in [1.29, 1.82) is 0 Å². The summed E-state index contributed by atoms with van der Waals surface area (Å²) in [6.07, 6.45) is 0. The number of hydrogen-bond donors (Lipinski definition) is 1. The van der Waals surface area contributed by atoms with Gasteiger partial charge < -0.3 is 5.11 Å². The minimum atomic E-state index is -0.222. The van der Waals surface area contributed by atoms with E-state index in [1.54, 1.807) is 6.07 Å². The first-order valence-corrected chi connectivity index (χ1v) is 6.11. The lowest BCUT2D eigenvalue weighted by atomic mass is 9.92. The van der Waals surface area contributed by atoms with Crippen LogP contribution in [0.3, 0.4) is 0 Å². The number of rotatable bonds is 3. The van der Waals surface area contributed by atoms with Gasteiger partial charge in [-0.1, -0.05) is 44.2 Å². The highest BCUT2D eigenvalue weighted by atomic mass is 19.1. The molecule has 0 unspecified atom stereocenters. The van der Waals surface area contributed by atoms with E-state index in [2.05, 4.69) is 13.8 Å². The molecule has 2 rings (SSSR count). The van der Waals surface area contributed by atoms with Crippen molar-refractivity contribution in [2.45, 2.75) is 26.4 Å². The standard InChI is InChI=1S/C16H17FO/c1-11(2)15-8-7-14(17)9-16(15)13-5-3-12(10-18)4-6-13/h3-9,11,18H,10H2,1-2H3. The van der Waals surface area contributed by atoms with Crippen molar-refractivity contribution in [3.05, 3.63) is 59.4 Å². The van der Waals surface area contributed by atoms with Crippen LogP contribution in [-0.2, 0) is 6.61 Å². The maximum absolute atomic E-state index is 13.4. The number of aliphatic hydroxyl groups is 1. The Bertz CT molecular complexity index is 529. The molecule has 2 aromatic rings. The lowest BCUT2D eigenvalue weighted by molar-refractivity contribution is 0.282. The van der Waals surface area contributed by atoms with E-state index in [1.165, 1.54) is 6.07 Å². The fourth-order valence-corrected chi connectivity index (χ4v) is 2.07. The topological polar surface area (TPSA) is 20.2 Å². The largest absolute Gasteiger partial charge is 0.392 e. The van der Waals surface area contributed by atoms with E-state index in [1.807, 2.05) is 30.3 Å². The van der Waals surface area contributed by atoms with Crippen LogP contribution >= 0.6 is 0 Å². The average molecular weight is 244 g/mol. The van der Waals surface area contributed by atoms with E-state index >= 15 is 0 Å². The van der Waals surface area contributed by atoms with E-state index in [0.717, 1.165) is 22.3 Å². The van der Waals surface area contributed by atoms with E-state index in [-0.39, 0.29) is 12.4 Å². The van der Waals surface area contributed by atoms with Crippen LogP contribution in [0.5, 0.6) is 0 Å². The summed E-state index contributed by atoms with van der Waals surface area (Å²) in [7, 11) is 0. The molecule has 94 valence electrons. The molecule has 0 saturated carbocycles. The molecule has 0 heterocycles. The third-order valence-electron chi connectivity index (χ3n) is 3.08. The van der Waals surface area contributed by atoms with Crippen molar-refractivity contribution in [3.8, 4) is 11.1 Å². The molecule has 18 heavy (non-hydrogen) atoms. The SMILES string of the molecule is CC(C)c1ccc(F)cc1-c1ccc(CO)cc1. The van der Waals surface area contributed by atoms with Crippen molar-refractivity contribution in [2.24, 2.45) is 0 Å². The minimum Gasteiger partial charge on any atom is -0.392 e. The highest BCUT2D eigenvalue weighted by Gasteiger charge is 2.09. The average Bonchev–Trinajstić information content (AvgIpc) is 2.38. The first-order chi connectivity index (χ1) is 8.61. The Labute approximate surface area is 107 Å². The van der Waals surface area contributed by atoms with E-state index in [0.29, 0.717) is 5.92 Å². The van der Waals surface area contributed by atoms with Gasteiger partial charge in [0.1, 0.15) is 5.82 Å². The monoisotopic (exact) mass is 244 g/mol. The van der Waals surface area contributed by atoms with Gasteiger partial charge in [0.05, 0.1) is 6.61 Å². The van der Waals surface area contributed by atoms with Gasteiger partial charge in [0.15, 0.2) is 0 Å². The summed E-state index contributed by atoms with van der Waals surface area (Å²) in [5.41, 5.74) is 3.90. The molecule has 0 radical (unpaired) electrons. The summed E-state index contributed by atoms with van der Waals surface area (Å²) in [6, 6.07) is 12.5. The molecule has 2 aromatic carbocycles. The van der Waals surface area contributed by atoms with Crippen molar-refractivity contribution >= 4 is 0 Å². The maximum atomic E-state index is 13.4. The first kappa shape index (κ1) is 12.8. The van der Waals surface area contributed by atoms with Crippen molar-refractivity contribution in [1.82, 2.24) is 0 Å². The Hall–Kier alpha value is -1.67. The third-order valence-corrected chi connectivity index (χ3v) is 3.08. The summed E-state index contributed by atoms with van der Waals surface area (Å²) in [6.45, 7) is 4.22. The molecule has 0 saturated heterocycles. The molecule has 0 aliphatic rings. The van der Waals surface area contributed by atoms with Gasteiger partial charge in [-0.2, -0.15) is 0 Å². The third kappa shape index (κ3) is 2.59. The maximum Gasteiger partial charge on any atom is 0.123 e. The molecule has 0 atom stereocenters. The molecule has 0 aromatic heterocycles. The summed E-state index contributed by atoms with van der Waals surface area (Å²) in [4.78, 5) is 0. The lowest BCUT2D eigenvalue weighted by Crippen LogP contribution is -1.94. The molecule has 1 nitrogen and oxygen atoms in total. The van der Waals surface area contributed by atoms with Crippen LogP contribution in [0.15, 0.2) is 42.5 Å². The minimum absolute atomic E-state index is 0.0282. The predicted octanol–water partition coefficient (Wildman–Crippen LogP) is 4.11. The summed E-state index contributed by atoms with van der Waals surface area (Å²) in [5, 5.41) is 9.03.